The van der Waals surface area contributed by atoms with Crippen LogP contribution in [0.15, 0.2) is 77.7 Å². The maximum atomic E-state index is 13.9. The Labute approximate surface area is 200 Å². The molecule has 0 unspecified atom stereocenters. The molecule has 0 saturated carbocycles. The van der Waals surface area contributed by atoms with Crippen molar-refractivity contribution in [2.24, 2.45) is 0 Å². The van der Waals surface area contributed by atoms with E-state index in [-0.39, 0.29) is 24.0 Å². The second-order valence-corrected chi connectivity index (χ2v) is 9.39. The fourth-order valence-electron chi connectivity index (χ4n) is 3.13. The first kappa shape index (κ1) is 26.0. The van der Waals surface area contributed by atoms with Crippen molar-refractivity contribution in [3.63, 3.8) is 0 Å². The Kier molecular flexibility index (Phi) is 7.69. The Bertz CT molecular complexity index is 1310. The number of amides is 2. The van der Waals surface area contributed by atoms with Crippen molar-refractivity contribution in [2.75, 3.05) is 5.32 Å². The third kappa shape index (κ3) is 6.72. The molecule has 1 N–H and O–H groups in total. The van der Waals surface area contributed by atoms with Gasteiger partial charge in [0.05, 0.1) is 11.3 Å². The van der Waals surface area contributed by atoms with E-state index in [0.717, 1.165) is 18.2 Å². The van der Waals surface area contributed by atoms with Gasteiger partial charge in [-0.25, -0.2) is 9.18 Å². The number of nitrogens with one attached hydrogen (secondary N) is 1. The highest BCUT2D eigenvalue weighted by molar-refractivity contribution is 7.87. The molecule has 0 fully saturated rings. The molecule has 0 atom stereocenters. The molecule has 0 aromatic heterocycles. The summed E-state index contributed by atoms with van der Waals surface area (Å²) in [6.07, 6.45) is -4.71. The van der Waals surface area contributed by atoms with Crippen molar-refractivity contribution in [3.05, 3.63) is 89.7 Å². The molecule has 0 heterocycles. The van der Waals surface area contributed by atoms with Crippen LogP contribution in [-0.2, 0) is 22.8 Å². The van der Waals surface area contributed by atoms with Gasteiger partial charge in [0, 0.05) is 12.6 Å². The number of carbonyl (C=O) groups excluding carboxylic acids is 1. The summed E-state index contributed by atoms with van der Waals surface area (Å²) >= 11 is 0. The molecule has 0 saturated heterocycles. The molecule has 0 bridgehead atoms. The summed E-state index contributed by atoms with van der Waals surface area (Å²) in [7, 11) is -4.55. The SMILES string of the molecule is CC(C)N(Cc1cccc(OS(=O)(=O)c2cccc(C(F)(F)F)c2)c1)C(=O)Nc1ccccc1F. The van der Waals surface area contributed by atoms with E-state index in [1.807, 2.05) is 0 Å². The van der Waals surface area contributed by atoms with Crippen molar-refractivity contribution in [1.29, 1.82) is 0 Å². The van der Waals surface area contributed by atoms with Crippen molar-refractivity contribution in [3.8, 4) is 5.75 Å². The standard InChI is InChI=1S/C24H22F4N2O4S/c1-16(2)30(23(31)29-22-12-4-3-11-21(22)25)15-17-7-5-9-19(13-17)34-35(32,33)20-10-6-8-18(14-20)24(26,27)28/h3-14,16H,15H2,1-2H3,(H,29,31). The number of anilines is 1. The van der Waals surface area contributed by atoms with Gasteiger partial charge in [-0.2, -0.15) is 21.6 Å². The minimum atomic E-state index is -4.71. The van der Waals surface area contributed by atoms with Crippen LogP contribution in [0.4, 0.5) is 28.0 Å². The van der Waals surface area contributed by atoms with Gasteiger partial charge in [0.15, 0.2) is 0 Å². The summed E-state index contributed by atoms with van der Waals surface area (Å²) in [5, 5.41) is 2.50. The van der Waals surface area contributed by atoms with E-state index in [0.29, 0.717) is 11.6 Å². The number of rotatable bonds is 7. The first-order valence-electron chi connectivity index (χ1n) is 10.4. The van der Waals surface area contributed by atoms with E-state index < -0.39 is 38.6 Å². The van der Waals surface area contributed by atoms with Crippen LogP contribution in [0.5, 0.6) is 5.75 Å². The molecule has 2 amide bonds. The van der Waals surface area contributed by atoms with E-state index >= 15 is 0 Å². The van der Waals surface area contributed by atoms with E-state index in [4.69, 9.17) is 4.18 Å². The van der Waals surface area contributed by atoms with Gasteiger partial charge in [-0.1, -0.05) is 30.3 Å². The number of alkyl halides is 3. The first-order valence-corrected chi connectivity index (χ1v) is 11.8. The Balaban J connectivity index is 1.79. The van der Waals surface area contributed by atoms with Gasteiger partial charge in [-0.15, -0.1) is 0 Å². The average molecular weight is 511 g/mol. The third-order valence-electron chi connectivity index (χ3n) is 4.91. The summed E-state index contributed by atoms with van der Waals surface area (Å²) in [4.78, 5) is 13.5. The Morgan fingerprint density at radius 3 is 2.34 bits per heavy atom. The van der Waals surface area contributed by atoms with Crippen molar-refractivity contribution in [2.45, 2.75) is 37.5 Å². The molecule has 11 heteroatoms. The largest absolute Gasteiger partial charge is 0.416 e. The number of hydrogen-bond donors (Lipinski definition) is 1. The lowest BCUT2D eigenvalue weighted by atomic mass is 10.2. The second kappa shape index (κ2) is 10.3. The predicted molar refractivity (Wildman–Crippen MR) is 122 cm³/mol. The maximum Gasteiger partial charge on any atom is 0.416 e. The first-order chi connectivity index (χ1) is 16.4. The molecule has 0 spiro atoms. The average Bonchev–Trinajstić information content (AvgIpc) is 2.78. The fraction of sp³-hybridized carbons (Fsp3) is 0.208. The van der Waals surface area contributed by atoms with E-state index in [2.05, 4.69) is 5.32 Å². The van der Waals surface area contributed by atoms with Crippen LogP contribution in [0, 0.1) is 5.82 Å². The maximum absolute atomic E-state index is 13.9. The van der Waals surface area contributed by atoms with Crippen LogP contribution in [0.25, 0.3) is 0 Å². The van der Waals surface area contributed by atoms with Crippen LogP contribution in [0.3, 0.4) is 0 Å². The number of halogens is 4. The minimum Gasteiger partial charge on any atom is -0.379 e. The van der Waals surface area contributed by atoms with Crippen LogP contribution >= 0.6 is 0 Å². The van der Waals surface area contributed by atoms with Crippen LogP contribution in [-0.4, -0.2) is 25.4 Å². The quantitative estimate of drug-likeness (QED) is 0.310. The third-order valence-corrected chi connectivity index (χ3v) is 6.15. The van der Waals surface area contributed by atoms with Crippen LogP contribution in [0.2, 0.25) is 0 Å². The number of hydrogen-bond acceptors (Lipinski definition) is 4. The van der Waals surface area contributed by atoms with Crippen molar-refractivity contribution >= 4 is 21.8 Å². The van der Waals surface area contributed by atoms with Crippen molar-refractivity contribution < 1.29 is 35.0 Å². The van der Waals surface area contributed by atoms with Crippen molar-refractivity contribution in [1.82, 2.24) is 4.90 Å². The molecular formula is C24H22F4N2O4S. The smallest absolute Gasteiger partial charge is 0.379 e. The predicted octanol–water partition coefficient (Wildman–Crippen LogP) is 6.05. The number of carbonyl (C=O) groups is 1. The zero-order valence-corrected chi connectivity index (χ0v) is 19.5. The zero-order valence-electron chi connectivity index (χ0n) is 18.7. The molecule has 0 aliphatic carbocycles. The number of nitrogens with zero attached hydrogens (tertiary/aromatic N) is 1. The number of benzene rings is 3. The normalized spacial score (nSPS) is 11.9. The molecule has 35 heavy (non-hydrogen) atoms. The topological polar surface area (TPSA) is 75.7 Å². The summed E-state index contributed by atoms with van der Waals surface area (Å²) < 4.78 is 83.0. The lowest BCUT2D eigenvalue weighted by molar-refractivity contribution is -0.137. The second-order valence-electron chi connectivity index (χ2n) is 7.84. The minimum absolute atomic E-state index is 0.00687. The molecule has 3 aromatic rings. The van der Waals surface area contributed by atoms with Gasteiger partial charge in [-0.3, -0.25) is 0 Å². The zero-order chi connectivity index (χ0) is 25.8. The summed E-state index contributed by atoms with van der Waals surface area (Å²) in [5.74, 6) is -0.738. The van der Waals surface area contributed by atoms with Gasteiger partial charge < -0.3 is 14.4 Å². The number of urea groups is 1. The highest BCUT2D eigenvalue weighted by Crippen LogP contribution is 2.31. The van der Waals surface area contributed by atoms with E-state index in [1.165, 1.54) is 41.3 Å². The van der Waals surface area contributed by atoms with E-state index in [1.54, 1.807) is 26.0 Å². The van der Waals surface area contributed by atoms with Crippen LogP contribution in [0.1, 0.15) is 25.0 Å². The molecule has 3 rings (SSSR count). The lowest BCUT2D eigenvalue weighted by Crippen LogP contribution is -2.39. The molecule has 0 aliphatic rings. The summed E-state index contributed by atoms with van der Waals surface area (Å²) in [6.45, 7) is 3.53. The van der Waals surface area contributed by atoms with E-state index in [9.17, 15) is 30.8 Å². The molecule has 6 nitrogen and oxygen atoms in total. The van der Waals surface area contributed by atoms with Gasteiger partial charge in [0.25, 0.3) is 0 Å². The van der Waals surface area contributed by atoms with Crippen LogP contribution < -0.4 is 9.50 Å². The highest BCUT2D eigenvalue weighted by atomic mass is 32.2. The van der Waals surface area contributed by atoms with Gasteiger partial charge in [0.2, 0.25) is 0 Å². The van der Waals surface area contributed by atoms with Gasteiger partial charge >= 0.3 is 22.3 Å². The Morgan fingerprint density at radius 1 is 1.00 bits per heavy atom. The molecule has 0 radical (unpaired) electrons. The Morgan fingerprint density at radius 2 is 1.69 bits per heavy atom. The summed E-state index contributed by atoms with van der Waals surface area (Å²) in [5.41, 5.74) is -0.629. The lowest BCUT2D eigenvalue weighted by Gasteiger charge is -2.27. The highest BCUT2D eigenvalue weighted by Gasteiger charge is 2.32. The molecule has 0 aliphatic heterocycles. The summed E-state index contributed by atoms with van der Waals surface area (Å²) in [6, 6.07) is 13.8. The molecular weight excluding hydrogens is 488 g/mol. The fourth-order valence-corrected chi connectivity index (χ4v) is 4.10. The number of para-hydroxylation sites is 1. The molecule has 186 valence electrons. The molecule has 3 aromatic carbocycles. The monoisotopic (exact) mass is 510 g/mol. The van der Waals surface area contributed by atoms with Gasteiger partial charge in [0.1, 0.15) is 16.5 Å². The van der Waals surface area contributed by atoms with Gasteiger partial charge in [-0.05, 0) is 61.9 Å². The Hall–Kier alpha value is -3.60.